The molecule has 1 heteroatoms. The molecule has 0 aromatic heterocycles. The molecule has 0 nitrogen and oxygen atoms in total. The summed E-state index contributed by atoms with van der Waals surface area (Å²) in [5.74, 6) is 0. The van der Waals surface area contributed by atoms with E-state index in [2.05, 4.69) is 54.7 Å². The lowest BCUT2D eigenvalue weighted by atomic mass is 9.86. The molecule has 0 unspecified atom stereocenters. The van der Waals surface area contributed by atoms with Crippen LogP contribution in [0.15, 0.2) is 21.8 Å². The van der Waals surface area contributed by atoms with E-state index in [0.29, 0.717) is 5.41 Å². The first-order valence-corrected chi connectivity index (χ1v) is 4.22. The van der Waals surface area contributed by atoms with Gasteiger partial charge in [-0.3, -0.25) is 0 Å². The predicted molar refractivity (Wildman–Crippen MR) is 49.6 cm³/mol. The van der Waals surface area contributed by atoms with Gasteiger partial charge in [-0.25, -0.2) is 0 Å². The summed E-state index contributed by atoms with van der Waals surface area (Å²) in [6, 6.07) is 0. The molecule has 0 heterocycles. The smallest absolute Gasteiger partial charge is 0.00857 e. The van der Waals surface area contributed by atoms with E-state index in [-0.39, 0.29) is 0 Å². The molecule has 9 heavy (non-hydrogen) atoms. The summed E-state index contributed by atoms with van der Waals surface area (Å²) in [6.45, 7) is 4.52. The topological polar surface area (TPSA) is 0 Å². The zero-order chi connectivity index (χ0) is 6.91. The van der Waals surface area contributed by atoms with Crippen LogP contribution in [0.25, 0.3) is 0 Å². The molecule has 50 valence electrons. The third-order valence-electron chi connectivity index (χ3n) is 1.45. The highest BCUT2D eigenvalue weighted by atomic mass is 127. The third kappa shape index (κ3) is 2.12. The highest BCUT2D eigenvalue weighted by molar-refractivity contribution is 14.1. The van der Waals surface area contributed by atoms with Gasteiger partial charge in [-0.05, 0) is 38.0 Å². The minimum absolute atomic E-state index is 0.394. The Morgan fingerprint density at radius 1 is 1.56 bits per heavy atom. The van der Waals surface area contributed by atoms with Gasteiger partial charge in [0.15, 0.2) is 0 Å². The number of allylic oxidation sites excluding steroid dienone is 4. The first-order chi connectivity index (χ1) is 4.10. The number of hydrogen-bond donors (Lipinski definition) is 0. The Kier molecular flexibility index (Phi) is 1.99. The molecule has 0 saturated carbocycles. The van der Waals surface area contributed by atoms with Crippen LogP contribution in [-0.2, 0) is 0 Å². The fraction of sp³-hybridized carbons (Fsp3) is 0.500. The summed E-state index contributed by atoms with van der Waals surface area (Å²) in [4.78, 5) is 0. The first kappa shape index (κ1) is 7.32. The van der Waals surface area contributed by atoms with Crippen molar-refractivity contribution in [2.24, 2.45) is 5.41 Å². The Labute approximate surface area is 70.2 Å². The molecule has 0 spiro atoms. The molecule has 0 N–H and O–H groups in total. The van der Waals surface area contributed by atoms with Crippen molar-refractivity contribution in [3.05, 3.63) is 21.8 Å². The van der Waals surface area contributed by atoms with Crippen LogP contribution in [0.1, 0.15) is 20.3 Å². The van der Waals surface area contributed by atoms with Gasteiger partial charge in [0.2, 0.25) is 0 Å². The van der Waals surface area contributed by atoms with E-state index < -0.39 is 0 Å². The van der Waals surface area contributed by atoms with Crippen LogP contribution in [0.2, 0.25) is 0 Å². The van der Waals surface area contributed by atoms with Gasteiger partial charge in [-0.1, -0.05) is 32.1 Å². The van der Waals surface area contributed by atoms with Gasteiger partial charge >= 0.3 is 0 Å². The van der Waals surface area contributed by atoms with Gasteiger partial charge in [-0.15, -0.1) is 0 Å². The maximum atomic E-state index is 2.39. The zero-order valence-electron chi connectivity index (χ0n) is 5.82. The molecular formula is C8H11I. The second kappa shape index (κ2) is 2.45. The van der Waals surface area contributed by atoms with Crippen LogP contribution in [0.4, 0.5) is 0 Å². The molecule has 0 radical (unpaired) electrons. The van der Waals surface area contributed by atoms with Crippen molar-refractivity contribution >= 4 is 22.6 Å². The van der Waals surface area contributed by atoms with Crippen LogP contribution in [0, 0.1) is 5.41 Å². The maximum Gasteiger partial charge on any atom is -0.00857 e. The van der Waals surface area contributed by atoms with Crippen LogP contribution in [0.5, 0.6) is 0 Å². The molecule has 1 aliphatic carbocycles. The fourth-order valence-corrected chi connectivity index (χ4v) is 2.16. The van der Waals surface area contributed by atoms with E-state index in [1.165, 1.54) is 10.0 Å². The third-order valence-corrected chi connectivity index (χ3v) is 2.19. The number of halogens is 1. The zero-order valence-corrected chi connectivity index (χ0v) is 7.97. The van der Waals surface area contributed by atoms with E-state index in [4.69, 9.17) is 0 Å². The van der Waals surface area contributed by atoms with Gasteiger partial charge in [0, 0.05) is 0 Å². The van der Waals surface area contributed by atoms with Crippen molar-refractivity contribution in [3.8, 4) is 0 Å². The maximum absolute atomic E-state index is 2.39. The molecule has 1 rings (SSSR count). The Morgan fingerprint density at radius 3 is 2.56 bits per heavy atom. The van der Waals surface area contributed by atoms with E-state index in [9.17, 15) is 0 Å². The van der Waals surface area contributed by atoms with Crippen molar-refractivity contribution in [2.45, 2.75) is 20.3 Å². The second-order valence-corrected chi connectivity index (χ2v) is 4.52. The minimum Gasteiger partial charge on any atom is -0.0785 e. The van der Waals surface area contributed by atoms with Gasteiger partial charge in [0.05, 0.1) is 0 Å². The van der Waals surface area contributed by atoms with Crippen LogP contribution >= 0.6 is 22.6 Å². The van der Waals surface area contributed by atoms with Crippen molar-refractivity contribution < 1.29 is 0 Å². The lowest BCUT2D eigenvalue weighted by molar-refractivity contribution is 0.482. The summed E-state index contributed by atoms with van der Waals surface area (Å²) in [6.07, 6.45) is 7.77. The largest absolute Gasteiger partial charge is 0.0785 e. The summed E-state index contributed by atoms with van der Waals surface area (Å²) in [5, 5.41) is 0. The Hall–Kier alpha value is 0.210. The summed E-state index contributed by atoms with van der Waals surface area (Å²) in [7, 11) is 0. The molecule has 0 atom stereocenters. The normalized spacial score (nSPS) is 23.7. The SMILES string of the molecule is CC1(C)C=CC=C(I)C1. The highest BCUT2D eigenvalue weighted by Crippen LogP contribution is 2.32. The predicted octanol–water partition coefficient (Wildman–Crippen LogP) is 3.29. The monoisotopic (exact) mass is 234 g/mol. The minimum atomic E-state index is 0.394. The van der Waals surface area contributed by atoms with Crippen molar-refractivity contribution in [2.75, 3.05) is 0 Å². The highest BCUT2D eigenvalue weighted by Gasteiger charge is 2.16. The molecule has 0 saturated heterocycles. The summed E-state index contributed by atoms with van der Waals surface area (Å²) < 4.78 is 1.46. The van der Waals surface area contributed by atoms with Crippen molar-refractivity contribution in [3.63, 3.8) is 0 Å². The molecule has 0 aromatic carbocycles. The van der Waals surface area contributed by atoms with Crippen molar-refractivity contribution in [1.29, 1.82) is 0 Å². The molecule has 0 bridgehead atoms. The average Bonchev–Trinajstić information content (AvgIpc) is 1.60. The number of rotatable bonds is 0. The van der Waals surface area contributed by atoms with E-state index in [1.807, 2.05) is 0 Å². The van der Waals surface area contributed by atoms with Crippen molar-refractivity contribution in [1.82, 2.24) is 0 Å². The molecule has 0 aromatic rings. The molecule has 0 amide bonds. The Morgan fingerprint density at radius 2 is 2.22 bits per heavy atom. The Balaban J connectivity index is 2.73. The lowest BCUT2D eigenvalue weighted by Gasteiger charge is -2.22. The standard InChI is InChI=1S/C8H11I/c1-8(2)5-3-4-7(9)6-8/h3-5H,6H2,1-2H3. The first-order valence-electron chi connectivity index (χ1n) is 3.14. The molecule has 0 aliphatic heterocycles. The summed E-state index contributed by atoms with van der Waals surface area (Å²) in [5.41, 5.74) is 0.394. The van der Waals surface area contributed by atoms with Crippen LogP contribution in [0.3, 0.4) is 0 Å². The molecule has 1 aliphatic rings. The van der Waals surface area contributed by atoms with E-state index in [1.54, 1.807) is 0 Å². The van der Waals surface area contributed by atoms with Gasteiger partial charge in [0.1, 0.15) is 0 Å². The van der Waals surface area contributed by atoms with Crippen LogP contribution in [-0.4, -0.2) is 0 Å². The van der Waals surface area contributed by atoms with E-state index >= 15 is 0 Å². The van der Waals surface area contributed by atoms with Gasteiger partial charge in [0.25, 0.3) is 0 Å². The summed E-state index contributed by atoms with van der Waals surface area (Å²) >= 11 is 2.39. The average molecular weight is 234 g/mol. The quantitative estimate of drug-likeness (QED) is 0.564. The fourth-order valence-electron chi connectivity index (χ4n) is 0.966. The molecule has 0 fully saturated rings. The van der Waals surface area contributed by atoms with Crippen LogP contribution < -0.4 is 0 Å². The molecular weight excluding hydrogens is 223 g/mol. The van der Waals surface area contributed by atoms with E-state index in [0.717, 1.165) is 0 Å². The number of hydrogen-bond acceptors (Lipinski definition) is 0. The Bertz CT molecular complexity index is 163. The van der Waals surface area contributed by atoms with Gasteiger partial charge < -0.3 is 0 Å². The van der Waals surface area contributed by atoms with Gasteiger partial charge in [-0.2, -0.15) is 0 Å². The second-order valence-electron chi connectivity index (χ2n) is 3.14. The lowest BCUT2D eigenvalue weighted by Crippen LogP contribution is -2.08.